The molecule has 140 valence electrons. The number of phenols is 2. The Morgan fingerprint density at radius 2 is 1.93 bits per heavy atom. The van der Waals surface area contributed by atoms with E-state index in [0.29, 0.717) is 28.3 Å². The van der Waals surface area contributed by atoms with Crippen molar-refractivity contribution in [3.05, 3.63) is 67.7 Å². The smallest absolute Gasteiger partial charge is 0.231 e. The van der Waals surface area contributed by atoms with E-state index < -0.39 is 0 Å². The fraction of sp³-hybridized carbons (Fsp3) is 0.0476. The monoisotopic (exact) mass is 548 g/mol. The highest BCUT2D eigenvalue weighted by molar-refractivity contribution is 14.1. The first-order chi connectivity index (χ1) is 13.4. The van der Waals surface area contributed by atoms with Crippen molar-refractivity contribution >= 4 is 61.5 Å². The number of fused-ring (bicyclic) bond motifs is 1. The largest absolute Gasteiger partial charge is 0.507 e. The van der Waals surface area contributed by atoms with Crippen molar-refractivity contribution in [1.82, 2.24) is 4.98 Å². The molecule has 28 heavy (non-hydrogen) atoms. The third-order valence-electron chi connectivity index (χ3n) is 4.16. The summed E-state index contributed by atoms with van der Waals surface area (Å²) < 4.78 is 7.36. The molecule has 0 spiro atoms. The number of hydrogen-bond acceptors (Lipinski definition) is 5. The molecular weight excluding hydrogens is 535 g/mol. The van der Waals surface area contributed by atoms with Crippen LogP contribution < -0.4 is 0 Å². The normalized spacial score (nSPS) is 11.5. The SMILES string of the molecule is Cc1ccc2oc(-c3cc(N=Cc4cc(Br)cc(I)c4O)ccc3O)nc2c1. The van der Waals surface area contributed by atoms with Gasteiger partial charge in [0, 0.05) is 16.3 Å². The van der Waals surface area contributed by atoms with Gasteiger partial charge in [-0.15, -0.1) is 0 Å². The molecule has 0 amide bonds. The number of benzene rings is 3. The molecule has 1 heterocycles. The summed E-state index contributed by atoms with van der Waals surface area (Å²) in [5.41, 5.74) is 4.11. The second kappa shape index (κ2) is 7.56. The molecule has 0 fully saturated rings. The van der Waals surface area contributed by atoms with E-state index in [9.17, 15) is 10.2 Å². The second-order valence-electron chi connectivity index (χ2n) is 6.28. The zero-order chi connectivity index (χ0) is 19.8. The predicted molar refractivity (Wildman–Crippen MR) is 122 cm³/mol. The van der Waals surface area contributed by atoms with Gasteiger partial charge in [-0.05, 0) is 77.5 Å². The number of aromatic hydroxyl groups is 2. The predicted octanol–water partition coefficient (Wildman–Crippen LogP) is 6.33. The van der Waals surface area contributed by atoms with Crippen molar-refractivity contribution in [3.63, 3.8) is 0 Å². The molecular formula is C21H14BrIN2O3. The van der Waals surface area contributed by atoms with Crippen LogP contribution in [0.15, 0.2) is 62.4 Å². The summed E-state index contributed by atoms with van der Waals surface area (Å²) in [5.74, 6) is 0.554. The number of rotatable bonds is 3. The minimum Gasteiger partial charge on any atom is -0.507 e. The number of hydrogen-bond donors (Lipinski definition) is 2. The first-order valence-electron chi connectivity index (χ1n) is 8.33. The van der Waals surface area contributed by atoms with Crippen LogP contribution in [0.1, 0.15) is 11.1 Å². The number of phenolic OH excluding ortho intramolecular Hbond substituents is 2. The molecule has 0 aliphatic carbocycles. The molecule has 4 rings (SSSR count). The van der Waals surface area contributed by atoms with Gasteiger partial charge in [0.1, 0.15) is 17.0 Å². The van der Waals surface area contributed by atoms with E-state index in [1.165, 1.54) is 0 Å². The van der Waals surface area contributed by atoms with Gasteiger partial charge >= 0.3 is 0 Å². The van der Waals surface area contributed by atoms with Gasteiger partial charge in [-0.2, -0.15) is 0 Å². The molecule has 0 radical (unpaired) electrons. The van der Waals surface area contributed by atoms with Crippen molar-refractivity contribution in [2.45, 2.75) is 6.92 Å². The fourth-order valence-corrected chi connectivity index (χ4v) is 4.31. The van der Waals surface area contributed by atoms with Gasteiger partial charge in [-0.1, -0.05) is 22.0 Å². The zero-order valence-corrected chi connectivity index (χ0v) is 18.4. The van der Waals surface area contributed by atoms with Crippen LogP contribution in [0.5, 0.6) is 11.5 Å². The van der Waals surface area contributed by atoms with Gasteiger partial charge in [0.15, 0.2) is 5.58 Å². The summed E-state index contributed by atoms with van der Waals surface area (Å²) in [6.07, 6.45) is 1.58. The highest BCUT2D eigenvalue weighted by Crippen LogP contribution is 2.34. The Balaban J connectivity index is 1.73. The molecule has 0 saturated heterocycles. The number of aromatic nitrogens is 1. The molecule has 4 aromatic rings. The van der Waals surface area contributed by atoms with Crippen LogP contribution in [0, 0.1) is 10.5 Å². The zero-order valence-electron chi connectivity index (χ0n) is 14.6. The Morgan fingerprint density at radius 3 is 2.75 bits per heavy atom. The van der Waals surface area contributed by atoms with Crippen LogP contribution in [0.3, 0.4) is 0 Å². The molecule has 3 aromatic carbocycles. The Kier molecular flexibility index (Phi) is 5.11. The maximum Gasteiger partial charge on any atom is 0.231 e. The van der Waals surface area contributed by atoms with Crippen LogP contribution in [0.4, 0.5) is 5.69 Å². The van der Waals surface area contributed by atoms with Gasteiger partial charge in [0.2, 0.25) is 5.89 Å². The summed E-state index contributed by atoms with van der Waals surface area (Å²) in [6, 6.07) is 14.3. The van der Waals surface area contributed by atoms with Crippen molar-refractivity contribution in [1.29, 1.82) is 0 Å². The molecule has 0 aliphatic rings. The van der Waals surface area contributed by atoms with Gasteiger partial charge < -0.3 is 14.6 Å². The summed E-state index contributed by atoms with van der Waals surface area (Å²) >= 11 is 5.48. The van der Waals surface area contributed by atoms with Gasteiger partial charge in [0.05, 0.1) is 14.8 Å². The molecule has 0 bridgehead atoms. The average molecular weight is 549 g/mol. The van der Waals surface area contributed by atoms with Crippen LogP contribution in [0.2, 0.25) is 0 Å². The van der Waals surface area contributed by atoms with Crippen molar-refractivity contribution in [3.8, 4) is 23.0 Å². The molecule has 0 saturated carbocycles. The number of aryl methyl sites for hydroxylation is 1. The van der Waals surface area contributed by atoms with E-state index in [-0.39, 0.29) is 11.5 Å². The lowest BCUT2D eigenvalue weighted by Gasteiger charge is -2.04. The van der Waals surface area contributed by atoms with Crippen molar-refractivity contribution < 1.29 is 14.6 Å². The summed E-state index contributed by atoms with van der Waals surface area (Å²) in [7, 11) is 0. The molecule has 5 nitrogen and oxygen atoms in total. The van der Waals surface area contributed by atoms with Crippen molar-refractivity contribution in [2.75, 3.05) is 0 Å². The maximum absolute atomic E-state index is 10.3. The van der Waals surface area contributed by atoms with E-state index in [2.05, 4.69) is 48.5 Å². The summed E-state index contributed by atoms with van der Waals surface area (Å²) in [4.78, 5) is 8.90. The summed E-state index contributed by atoms with van der Waals surface area (Å²) in [6.45, 7) is 1.99. The quantitative estimate of drug-likeness (QED) is 0.231. The average Bonchev–Trinajstić information content (AvgIpc) is 3.07. The maximum atomic E-state index is 10.3. The van der Waals surface area contributed by atoms with E-state index in [0.717, 1.165) is 19.1 Å². The molecule has 7 heteroatoms. The highest BCUT2D eigenvalue weighted by Gasteiger charge is 2.13. The molecule has 0 atom stereocenters. The van der Waals surface area contributed by atoms with Crippen LogP contribution in [-0.4, -0.2) is 21.4 Å². The Hall–Kier alpha value is -2.39. The van der Waals surface area contributed by atoms with E-state index in [1.54, 1.807) is 30.5 Å². The van der Waals surface area contributed by atoms with Gasteiger partial charge in [0.25, 0.3) is 0 Å². The van der Waals surface area contributed by atoms with Gasteiger partial charge in [-0.3, -0.25) is 4.99 Å². The van der Waals surface area contributed by atoms with Crippen molar-refractivity contribution in [2.24, 2.45) is 4.99 Å². The lowest BCUT2D eigenvalue weighted by atomic mass is 10.1. The van der Waals surface area contributed by atoms with Gasteiger partial charge in [-0.25, -0.2) is 4.98 Å². The number of oxazole rings is 1. The minimum absolute atomic E-state index is 0.0575. The fourth-order valence-electron chi connectivity index (χ4n) is 2.76. The van der Waals surface area contributed by atoms with E-state index in [1.807, 2.05) is 31.2 Å². The van der Waals surface area contributed by atoms with Crippen LogP contribution >= 0.6 is 38.5 Å². The topological polar surface area (TPSA) is 78.9 Å². The highest BCUT2D eigenvalue weighted by atomic mass is 127. The van der Waals surface area contributed by atoms with E-state index in [4.69, 9.17) is 4.42 Å². The molecule has 1 aromatic heterocycles. The lowest BCUT2D eigenvalue weighted by Crippen LogP contribution is -1.86. The third kappa shape index (κ3) is 3.77. The molecule has 2 N–H and O–H groups in total. The van der Waals surface area contributed by atoms with Crippen LogP contribution in [-0.2, 0) is 0 Å². The third-order valence-corrected chi connectivity index (χ3v) is 5.44. The molecule has 0 unspecified atom stereocenters. The Morgan fingerprint density at radius 1 is 1.11 bits per heavy atom. The number of nitrogens with zero attached hydrogens (tertiary/aromatic N) is 2. The number of aliphatic imine (C=N–C) groups is 1. The standard InChI is InChI=1S/C21H14BrIN2O3/c1-11-2-5-19-17(6-11)25-21(28-19)15-9-14(3-4-18(15)26)24-10-12-7-13(22)8-16(23)20(12)27/h2-10,26-27H,1H3. The second-order valence-corrected chi connectivity index (χ2v) is 8.35. The lowest BCUT2D eigenvalue weighted by molar-refractivity contribution is 0.470. The Labute approximate surface area is 183 Å². The van der Waals surface area contributed by atoms with Crippen LogP contribution in [0.25, 0.3) is 22.6 Å². The molecule has 0 aliphatic heterocycles. The van der Waals surface area contributed by atoms with E-state index >= 15 is 0 Å². The summed E-state index contributed by atoms with van der Waals surface area (Å²) in [5, 5.41) is 20.5. The first-order valence-corrected chi connectivity index (χ1v) is 10.2. The number of halogens is 2. The first kappa shape index (κ1) is 18.9. The minimum atomic E-state index is 0.0575. The Bertz CT molecular complexity index is 1230.